The highest BCUT2D eigenvalue weighted by molar-refractivity contribution is 7.09. The number of benzene rings is 1. The Labute approximate surface area is 108 Å². The first-order valence-electron chi connectivity index (χ1n) is 5.29. The van der Waals surface area contributed by atoms with Crippen LogP contribution in [0.25, 0.3) is 0 Å². The zero-order chi connectivity index (χ0) is 13.0. The van der Waals surface area contributed by atoms with Crippen molar-refractivity contribution in [3.63, 3.8) is 0 Å². The monoisotopic (exact) mass is 264 g/mol. The summed E-state index contributed by atoms with van der Waals surface area (Å²) >= 11 is 1.40. The highest BCUT2D eigenvalue weighted by Gasteiger charge is 2.11. The van der Waals surface area contributed by atoms with Gasteiger partial charge < -0.3 is 15.6 Å². The van der Waals surface area contributed by atoms with Gasteiger partial charge in [-0.1, -0.05) is 12.1 Å². The molecule has 0 aliphatic heterocycles. The molecule has 0 spiro atoms. The second kappa shape index (κ2) is 5.61. The Kier molecular flexibility index (Phi) is 3.91. The number of thiazole rings is 1. The minimum Gasteiger partial charge on any atom is -0.410 e. The lowest BCUT2D eigenvalue weighted by molar-refractivity contribution is 0.178. The molecule has 0 fully saturated rings. The van der Waals surface area contributed by atoms with Crippen molar-refractivity contribution in [1.82, 2.24) is 4.98 Å². The summed E-state index contributed by atoms with van der Waals surface area (Å²) in [5.74, 6) is 0.367. The molecule has 1 atom stereocenters. The number of ether oxygens (including phenoxy) is 1. The summed E-state index contributed by atoms with van der Waals surface area (Å²) in [4.78, 5) is 14.7. The molecule has 94 valence electrons. The first-order chi connectivity index (χ1) is 8.65. The third-order valence-corrected chi connectivity index (χ3v) is 3.16. The van der Waals surface area contributed by atoms with Crippen LogP contribution in [-0.2, 0) is 6.42 Å². The van der Waals surface area contributed by atoms with Gasteiger partial charge >= 0.3 is 6.09 Å². The van der Waals surface area contributed by atoms with Gasteiger partial charge in [0.15, 0.2) is 0 Å². The third kappa shape index (κ3) is 3.28. The number of carbonyl (C=O) groups is 1. The zero-order valence-corrected chi connectivity index (χ0v) is 10.3. The van der Waals surface area contributed by atoms with Crippen LogP contribution in [-0.4, -0.2) is 16.2 Å². The molecule has 1 heterocycles. The molecule has 2 aromatic rings. The lowest BCUT2D eigenvalue weighted by Crippen LogP contribution is -2.16. The number of primary amides is 1. The van der Waals surface area contributed by atoms with Crippen molar-refractivity contribution in [1.29, 1.82) is 0 Å². The number of nitrogens with zero attached hydrogens (tertiary/aromatic N) is 1. The fraction of sp³-hybridized carbons (Fsp3) is 0.167. The predicted octanol–water partition coefficient (Wildman–Crippen LogP) is 1.88. The molecule has 18 heavy (non-hydrogen) atoms. The summed E-state index contributed by atoms with van der Waals surface area (Å²) in [6, 6.07) is 6.87. The number of aliphatic hydroxyl groups excluding tert-OH is 1. The Balaban J connectivity index is 2.07. The van der Waals surface area contributed by atoms with Gasteiger partial charge in [0, 0.05) is 18.0 Å². The lowest BCUT2D eigenvalue weighted by atomic mass is 10.1. The molecule has 3 N–H and O–H groups in total. The van der Waals surface area contributed by atoms with Gasteiger partial charge in [-0.05, 0) is 17.7 Å². The number of hydrogen-bond donors (Lipinski definition) is 2. The summed E-state index contributed by atoms with van der Waals surface area (Å²) < 4.78 is 4.77. The van der Waals surface area contributed by atoms with Crippen LogP contribution in [0.3, 0.4) is 0 Å². The quantitative estimate of drug-likeness (QED) is 0.882. The van der Waals surface area contributed by atoms with Crippen LogP contribution in [0.2, 0.25) is 0 Å². The standard InChI is InChI=1S/C12H12N2O3S/c13-12(16)17-9-3-1-2-8(6-9)7-10(15)11-14-4-5-18-11/h1-6,10,15H,7H2,(H2,13,16)/t10-/m1/s1. The third-order valence-electron chi connectivity index (χ3n) is 2.28. The van der Waals surface area contributed by atoms with Crippen LogP contribution in [0.15, 0.2) is 35.8 Å². The smallest absolute Gasteiger partial charge is 0.409 e. The molecule has 0 aliphatic rings. The van der Waals surface area contributed by atoms with Gasteiger partial charge in [-0.25, -0.2) is 9.78 Å². The van der Waals surface area contributed by atoms with Crippen molar-refractivity contribution in [3.8, 4) is 5.75 Å². The van der Waals surface area contributed by atoms with E-state index in [1.54, 1.807) is 24.4 Å². The Morgan fingerprint density at radius 3 is 3.06 bits per heavy atom. The number of aromatic nitrogens is 1. The Bertz CT molecular complexity index is 528. The fourth-order valence-corrected chi connectivity index (χ4v) is 2.18. The first kappa shape index (κ1) is 12.5. The minimum atomic E-state index is -0.854. The summed E-state index contributed by atoms with van der Waals surface area (Å²) in [5.41, 5.74) is 5.78. The number of hydrogen-bond acceptors (Lipinski definition) is 5. The SMILES string of the molecule is NC(=O)Oc1cccc(C[C@@H](O)c2nccs2)c1. The molecule has 0 saturated heterocycles. The fourth-order valence-electron chi connectivity index (χ4n) is 1.56. The van der Waals surface area contributed by atoms with E-state index in [0.29, 0.717) is 17.2 Å². The van der Waals surface area contributed by atoms with Crippen molar-refractivity contribution in [3.05, 3.63) is 46.4 Å². The predicted molar refractivity (Wildman–Crippen MR) is 67.4 cm³/mol. The lowest BCUT2D eigenvalue weighted by Gasteiger charge is -2.08. The first-order valence-corrected chi connectivity index (χ1v) is 6.17. The molecule has 1 aromatic carbocycles. The van der Waals surface area contributed by atoms with E-state index in [0.717, 1.165) is 5.56 Å². The van der Waals surface area contributed by atoms with Gasteiger partial charge in [-0.15, -0.1) is 11.3 Å². The van der Waals surface area contributed by atoms with Gasteiger partial charge in [-0.2, -0.15) is 0 Å². The van der Waals surface area contributed by atoms with Gasteiger partial charge in [-0.3, -0.25) is 0 Å². The summed E-state index contributed by atoms with van der Waals surface area (Å²) in [5, 5.41) is 12.4. The van der Waals surface area contributed by atoms with Crippen LogP contribution in [0.1, 0.15) is 16.7 Å². The number of nitrogens with two attached hydrogens (primary N) is 1. The topological polar surface area (TPSA) is 85.4 Å². The summed E-state index contributed by atoms with van der Waals surface area (Å²) in [6.07, 6.45) is 0.542. The largest absolute Gasteiger partial charge is 0.410 e. The average Bonchev–Trinajstić information content (AvgIpc) is 2.81. The molecule has 6 heteroatoms. The van der Waals surface area contributed by atoms with Crippen molar-refractivity contribution < 1.29 is 14.6 Å². The number of aliphatic hydroxyl groups is 1. The minimum absolute atomic E-state index is 0.367. The molecule has 1 aromatic heterocycles. The highest BCUT2D eigenvalue weighted by atomic mass is 32.1. The molecule has 0 aliphatic carbocycles. The molecule has 1 amide bonds. The van der Waals surface area contributed by atoms with Crippen molar-refractivity contribution in [2.24, 2.45) is 5.73 Å². The Morgan fingerprint density at radius 2 is 2.39 bits per heavy atom. The van der Waals surface area contributed by atoms with Crippen molar-refractivity contribution >= 4 is 17.4 Å². The van der Waals surface area contributed by atoms with Crippen LogP contribution < -0.4 is 10.5 Å². The Morgan fingerprint density at radius 1 is 1.56 bits per heavy atom. The molecular weight excluding hydrogens is 252 g/mol. The number of amides is 1. The summed E-state index contributed by atoms with van der Waals surface area (Å²) in [7, 11) is 0. The zero-order valence-electron chi connectivity index (χ0n) is 9.45. The molecule has 0 radical (unpaired) electrons. The van der Waals surface area contributed by atoms with Crippen LogP contribution in [0.5, 0.6) is 5.75 Å². The molecule has 5 nitrogen and oxygen atoms in total. The van der Waals surface area contributed by atoms with Crippen LogP contribution in [0, 0.1) is 0 Å². The highest BCUT2D eigenvalue weighted by Crippen LogP contribution is 2.22. The van der Waals surface area contributed by atoms with Crippen molar-refractivity contribution in [2.75, 3.05) is 0 Å². The van der Waals surface area contributed by atoms with Gasteiger partial charge in [0.2, 0.25) is 0 Å². The van der Waals surface area contributed by atoms with E-state index >= 15 is 0 Å². The average molecular weight is 264 g/mol. The molecule has 0 saturated carbocycles. The number of rotatable bonds is 4. The maximum absolute atomic E-state index is 10.6. The molecule has 0 unspecified atom stereocenters. The second-order valence-electron chi connectivity index (χ2n) is 3.66. The molecule has 2 rings (SSSR count). The van der Waals surface area contributed by atoms with E-state index < -0.39 is 12.2 Å². The van der Waals surface area contributed by atoms with Crippen LogP contribution >= 0.6 is 11.3 Å². The van der Waals surface area contributed by atoms with E-state index in [2.05, 4.69) is 4.98 Å². The van der Waals surface area contributed by atoms with E-state index in [-0.39, 0.29) is 0 Å². The normalized spacial score (nSPS) is 12.1. The number of carbonyl (C=O) groups excluding carboxylic acids is 1. The Hall–Kier alpha value is -1.92. The van der Waals surface area contributed by atoms with E-state index in [9.17, 15) is 9.90 Å². The second-order valence-corrected chi connectivity index (χ2v) is 4.58. The van der Waals surface area contributed by atoms with Gasteiger partial charge in [0.25, 0.3) is 0 Å². The summed E-state index contributed by atoms with van der Waals surface area (Å²) in [6.45, 7) is 0. The van der Waals surface area contributed by atoms with E-state index in [4.69, 9.17) is 10.5 Å². The van der Waals surface area contributed by atoms with Crippen LogP contribution in [0.4, 0.5) is 4.79 Å². The molecular formula is C12H12N2O3S. The maximum atomic E-state index is 10.6. The van der Waals surface area contributed by atoms with Gasteiger partial charge in [0.05, 0.1) is 0 Å². The molecule has 0 bridgehead atoms. The van der Waals surface area contributed by atoms with E-state index in [1.165, 1.54) is 11.3 Å². The van der Waals surface area contributed by atoms with E-state index in [1.807, 2.05) is 11.4 Å². The maximum Gasteiger partial charge on any atom is 0.409 e. The van der Waals surface area contributed by atoms with Gasteiger partial charge in [0.1, 0.15) is 16.9 Å². The van der Waals surface area contributed by atoms with Crippen molar-refractivity contribution in [2.45, 2.75) is 12.5 Å².